The third-order valence-electron chi connectivity index (χ3n) is 3.19. The van der Waals surface area contributed by atoms with Gasteiger partial charge in [-0.3, -0.25) is 4.79 Å². The van der Waals surface area contributed by atoms with E-state index in [1.54, 1.807) is 0 Å². The lowest BCUT2D eigenvalue weighted by Gasteiger charge is -2.26. The van der Waals surface area contributed by atoms with Crippen LogP contribution in [-0.4, -0.2) is 22.9 Å². The summed E-state index contributed by atoms with van der Waals surface area (Å²) in [6, 6.07) is 4.06. The molecule has 0 bridgehead atoms. The van der Waals surface area contributed by atoms with Gasteiger partial charge in [0.1, 0.15) is 11.5 Å². The zero-order valence-corrected chi connectivity index (χ0v) is 10.6. The third kappa shape index (κ3) is 2.69. The van der Waals surface area contributed by atoms with E-state index in [-0.39, 0.29) is 23.9 Å². The second kappa shape index (κ2) is 4.53. The third-order valence-corrected chi connectivity index (χ3v) is 3.19. The maximum atomic E-state index is 12.2. The minimum absolute atomic E-state index is 0.0217. The molecule has 1 saturated carbocycles. The first kappa shape index (κ1) is 12.2. The van der Waals surface area contributed by atoms with Crippen molar-refractivity contribution in [2.45, 2.75) is 45.8 Å². The summed E-state index contributed by atoms with van der Waals surface area (Å²) < 4.78 is 5.52. The Labute approximate surface area is 102 Å². The summed E-state index contributed by atoms with van der Waals surface area (Å²) in [7, 11) is 0. The summed E-state index contributed by atoms with van der Waals surface area (Å²) in [4.78, 5) is 14.0. The summed E-state index contributed by atoms with van der Waals surface area (Å²) in [5.74, 6) is 1.88. The van der Waals surface area contributed by atoms with E-state index < -0.39 is 0 Å². The molecular weight excluding hydrogens is 216 g/mol. The average Bonchev–Trinajstić information content (AvgIpc) is 2.83. The lowest BCUT2D eigenvalue weighted by molar-refractivity contribution is -0.135. The van der Waals surface area contributed by atoms with Crippen molar-refractivity contribution in [1.29, 1.82) is 0 Å². The Balaban J connectivity index is 2.05. The van der Waals surface area contributed by atoms with Crippen molar-refractivity contribution in [3.8, 4) is 0 Å². The number of furan rings is 1. The molecule has 17 heavy (non-hydrogen) atoms. The summed E-state index contributed by atoms with van der Waals surface area (Å²) in [5, 5.41) is 0. The second-order valence-corrected chi connectivity index (χ2v) is 5.08. The van der Waals surface area contributed by atoms with Crippen LogP contribution in [0.25, 0.3) is 0 Å². The van der Waals surface area contributed by atoms with E-state index in [0.29, 0.717) is 6.54 Å². The van der Waals surface area contributed by atoms with Crippen molar-refractivity contribution >= 4 is 5.91 Å². The number of rotatable bonds is 4. The average molecular weight is 236 g/mol. The van der Waals surface area contributed by atoms with Gasteiger partial charge in [-0.1, -0.05) is 0 Å². The number of carbonyl (C=O) groups excluding carboxylic acids is 1. The highest BCUT2D eigenvalue weighted by Gasteiger charge is 2.42. The van der Waals surface area contributed by atoms with Crippen LogP contribution in [-0.2, 0) is 11.3 Å². The summed E-state index contributed by atoms with van der Waals surface area (Å²) >= 11 is 0. The highest BCUT2D eigenvalue weighted by atomic mass is 16.3. The van der Waals surface area contributed by atoms with E-state index in [4.69, 9.17) is 10.2 Å². The van der Waals surface area contributed by atoms with E-state index in [9.17, 15) is 4.79 Å². The molecule has 4 heteroatoms. The second-order valence-electron chi connectivity index (χ2n) is 5.08. The van der Waals surface area contributed by atoms with Gasteiger partial charge in [-0.2, -0.15) is 0 Å². The molecule has 1 aromatic heterocycles. The number of carbonyl (C=O) groups is 1. The maximum Gasteiger partial charge on any atom is 0.227 e. The molecule has 0 aliphatic heterocycles. The standard InChI is InChI=1S/C13H20N2O2/c1-8(2)15(13(16)11-6-12(11)14)7-10-5-4-9(3)17-10/h4-5,8,11-12H,6-7,14H2,1-3H3. The van der Waals surface area contributed by atoms with Gasteiger partial charge in [0, 0.05) is 12.1 Å². The fraction of sp³-hybridized carbons (Fsp3) is 0.615. The first-order chi connectivity index (χ1) is 7.99. The SMILES string of the molecule is Cc1ccc(CN(C(=O)C2CC2N)C(C)C)o1. The highest BCUT2D eigenvalue weighted by Crippen LogP contribution is 2.31. The van der Waals surface area contributed by atoms with Crippen LogP contribution in [0.4, 0.5) is 0 Å². The van der Waals surface area contributed by atoms with Crippen LogP contribution < -0.4 is 5.73 Å². The van der Waals surface area contributed by atoms with Crippen molar-refractivity contribution in [3.05, 3.63) is 23.7 Å². The number of hydrogen-bond donors (Lipinski definition) is 1. The number of hydrogen-bond acceptors (Lipinski definition) is 3. The Kier molecular flexibility index (Phi) is 3.24. The van der Waals surface area contributed by atoms with Gasteiger partial charge in [-0.25, -0.2) is 0 Å². The van der Waals surface area contributed by atoms with E-state index in [1.807, 2.05) is 37.8 Å². The topological polar surface area (TPSA) is 59.5 Å². The minimum atomic E-state index is 0.0217. The van der Waals surface area contributed by atoms with Gasteiger partial charge in [0.05, 0.1) is 12.5 Å². The first-order valence-corrected chi connectivity index (χ1v) is 6.10. The fourth-order valence-corrected chi connectivity index (χ4v) is 1.96. The van der Waals surface area contributed by atoms with Crippen molar-refractivity contribution in [3.63, 3.8) is 0 Å². The summed E-state index contributed by atoms with van der Waals surface area (Å²) in [5.41, 5.74) is 5.73. The van der Waals surface area contributed by atoms with E-state index in [1.165, 1.54) is 0 Å². The monoisotopic (exact) mass is 236 g/mol. The van der Waals surface area contributed by atoms with Crippen LogP contribution in [0.15, 0.2) is 16.5 Å². The molecule has 94 valence electrons. The fourth-order valence-electron chi connectivity index (χ4n) is 1.96. The zero-order valence-electron chi connectivity index (χ0n) is 10.6. The number of amides is 1. The van der Waals surface area contributed by atoms with Gasteiger partial charge in [-0.15, -0.1) is 0 Å². The Morgan fingerprint density at radius 2 is 2.24 bits per heavy atom. The molecule has 1 aliphatic rings. The van der Waals surface area contributed by atoms with Gasteiger partial charge in [0.2, 0.25) is 5.91 Å². The van der Waals surface area contributed by atoms with Gasteiger partial charge in [0.25, 0.3) is 0 Å². The predicted octanol–water partition coefficient (Wildman–Crippen LogP) is 1.67. The molecule has 1 amide bonds. The molecule has 4 nitrogen and oxygen atoms in total. The number of aryl methyl sites for hydroxylation is 1. The van der Waals surface area contributed by atoms with Gasteiger partial charge < -0.3 is 15.1 Å². The van der Waals surface area contributed by atoms with Crippen molar-refractivity contribution in [2.75, 3.05) is 0 Å². The molecule has 0 aromatic carbocycles. The minimum Gasteiger partial charge on any atom is -0.464 e. The van der Waals surface area contributed by atoms with Gasteiger partial charge in [-0.05, 0) is 39.3 Å². The molecule has 0 spiro atoms. The lowest BCUT2D eigenvalue weighted by Crippen LogP contribution is -2.38. The maximum absolute atomic E-state index is 12.2. The molecule has 0 saturated heterocycles. The van der Waals surface area contributed by atoms with Crippen molar-refractivity contribution < 1.29 is 9.21 Å². The molecule has 2 atom stereocenters. The molecule has 1 aliphatic carbocycles. The molecule has 1 heterocycles. The first-order valence-electron chi connectivity index (χ1n) is 6.10. The van der Waals surface area contributed by atoms with Crippen molar-refractivity contribution in [1.82, 2.24) is 4.90 Å². The normalized spacial score (nSPS) is 22.9. The van der Waals surface area contributed by atoms with E-state index >= 15 is 0 Å². The van der Waals surface area contributed by atoms with Crippen molar-refractivity contribution in [2.24, 2.45) is 11.7 Å². The Hall–Kier alpha value is -1.29. The predicted molar refractivity (Wildman–Crippen MR) is 65.2 cm³/mol. The number of nitrogens with two attached hydrogens (primary N) is 1. The Bertz CT molecular complexity index is 411. The summed E-state index contributed by atoms with van der Waals surface area (Å²) in [6.45, 7) is 6.47. The van der Waals surface area contributed by atoms with E-state index in [2.05, 4.69) is 0 Å². The quantitative estimate of drug-likeness (QED) is 0.865. The smallest absolute Gasteiger partial charge is 0.227 e. The molecule has 2 unspecified atom stereocenters. The van der Waals surface area contributed by atoms with Gasteiger partial charge >= 0.3 is 0 Å². The molecular formula is C13H20N2O2. The molecule has 0 radical (unpaired) electrons. The van der Waals surface area contributed by atoms with Crippen LogP contribution in [0.2, 0.25) is 0 Å². The van der Waals surface area contributed by atoms with Gasteiger partial charge in [0.15, 0.2) is 0 Å². The number of nitrogens with zero attached hydrogens (tertiary/aromatic N) is 1. The molecule has 1 aromatic rings. The van der Waals surface area contributed by atoms with Crippen LogP contribution in [0, 0.1) is 12.8 Å². The Morgan fingerprint density at radius 1 is 1.59 bits per heavy atom. The van der Waals surface area contributed by atoms with Crippen LogP contribution in [0.5, 0.6) is 0 Å². The van der Waals surface area contributed by atoms with E-state index in [0.717, 1.165) is 17.9 Å². The molecule has 1 fully saturated rings. The highest BCUT2D eigenvalue weighted by molar-refractivity contribution is 5.82. The molecule has 2 rings (SSSR count). The zero-order chi connectivity index (χ0) is 12.6. The van der Waals surface area contributed by atoms with Crippen LogP contribution in [0.1, 0.15) is 31.8 Å². The van der Waals surface area contributed by atoms with Crippen LogP contribution >= 0.6 is 0 Å². The molecule has 2 N–H and O–H groups in total. The van der Waals surface area contributed by atoms with Crippen LogP contribution in [0.3, 0.4) is 0 Å². The lowest BCUT2D eigenvalue weighted by atomic mass is 10.2. The summed E-state index contributed by atoms with van der Waals surface area (Å²) in [6.07, 6.45) is 0.819. The largest absolute Gasteiger partial charge is 0.464 e. The Morgan fingerprint density at radius 3 is 2.65 bits per heavy atom.